The van der Waals surface area contributed by atoms with Crippen molar-refractivity contribution in [1.82, 2.24) is 5.43 Å². The van der Waals surface area contributed by atoms with Crippen LogP contribution in [0, 0.1) is 5.82 Å². The summed E-state index contributed by atoms with van der Waals surface area (Å²) in [5, 5.41) is 0.376. The molecule has 3 rings (SSSR count). The third kappa shape index (κ3) is 2.82. The Labute approximate surface area is 129 Å². The first kappa shape index (κ1) is 14.5. The van der Waals surface area contributed by atoms with E-state index in [0.717, 1.165) is 5.56 Å². The van der Waals surface area contributed by atoms with Crippen LogP contribution in [0.3, 0.4) is 0 Å². The van der Waals surface area contributed by atoms with Crippen molar-refractivity contribution in [1.29, 1.82) is 0 Å². The van der Waals surface area contributed by atoms with Crippen molar-refractivity contribution in [2.75, 3.05) is 0 Å². The van der Waals surface area contributed by atoms with E-state index in [1.807, 2.05) is 12.1 Å². The Bertz CT molecular complexity index is 603. The normalized spacial score (nSPS) is 16.5. The summed E-state index contributed by atoms with van der Waals surface area (Å²) in [4.78, 5) is 0. The molecule has 0 aliphatic heterocycles. The Hall–Kier alpha value is -1.42. The second-order valence-corrected chi connectivity index (χ2v) is 5.94. The first-order valence-corrected chi connectivity index (χ1v) is 7.58. The van der Waals surface area contributed by atoms with Gasteiger partial charge in [-0.05, 0) is 42.0 Å². The van der Waals surface area contributed by atoms with Gasteiger partial charge >= 0.3 is 0 Å². The van der Waals surface area contributed by atoms with Gasteiger partial charge in [-0.2, -0.15) is 0 Å². The maximum atomic E-state index is 14.1. The van der Waals surface area contributed by atoms with Gasteiger partial charge in [0.1, 0.15) is 5.82 Å². The number of hydrazine groups is 1. The van der Waals surface area contributed by atoms with Crippen LogP contribution < -0.4 is 11.3 Å². The molecule has 1 aliphatic rings. The molecule has 4 heteroatoms. The number of rotatable bonds is 4. The maximum Gasteiger partial charge on any atom is 0.129 e. The van der Waals surface area contributed by atoms with Crippen molar-refractivity contribution in [3.05, 3.63) is 70.0 Å². The van der Waals surface area contributed by atoms with Gasteiger partial charge in [0.2, 0.25) is 0 Å². The maximum absolute atomic E-state index is 14.1. The number of nitrogens with one attached hydrogen (secondary N) is 1. The third-order valence-corrected chi connectivity index (χ3v) is 4.63. The lowest BCUT2D eigenvalue weighted by atomic mass is 9.79. The molecule has 1 aliphatic carbocycles. The fourth-order valence-corrected chi connectivity index (χ4v) is 3.11. The van der Waals surface area contributed by atoms with Crippen LogP contribution in [-0.4, -0.2) is 0 Å². The second-order valence-electron chi connectivity index (χ2n) is 5.53. The Morgan fingerprint density at radius 3 is 2.38 bits per heavy atom. The van der Waals surface area contributed by atoms with Crippen molar-refractivity contribution in [3.63, 3.8) is 0 Å². The molecule has 2 nitrogen and oxygen atoms in total. The van der Waals surface area contributed by atoms with Crippen LogP contribution in [-0.2, 0) is 0 Å². The van der Waals surface area contributed by atoms with E-state index in [9.17, 15) is 4.39 Å². The van der Waals surface area contributed by atoms with Crippen LogP contribution in [0.1, 0.15) is 47.9 Å². The third-order valence-electron chi connectivity index (χ3n) is 4.30. The van der Waals surface area contributed by atoms with Gasteiger partial charge < -0.3 is 0 Å². The molecule has 0 amide bonds. The molecule has 0 heterocycles. The molecule has 0 bridgehead atoms. The highest BCUT2D eigenvalue weighted by atomic mass is 35.5. The van der Waals surface area contributed by atoms with Crippen molar-refractivity contribution >= 4 is 11.6 Å². The predicted molar refractivity (Wildman–Crippen MR) is 83.6 cm³/mol. The molecular weight excluding hydrogens is 287 g/mol. The van der Waals surface area contributed by atoms with Crippen LogP contribution >= 0.6 is 11.6 Å². The molecule has 0 aromatic heterocycles. The molecule has 0 saturated heterocycles. The van der Waals surface area contributed by atoms with Crippen molar-refractivity contribution < 1.29 is 4.39 Å². The SMILES string of the molecule is NNC(c1ccc(C2CCC2)cc1)c1c(F)cccc1Cl. The van der Waals surface area contributed by atoms with Gasteiger partial charge in [0, 0.05) is 10.6 Å². The average molecular weight is 305 g/mol. The number of hydrogen-bond donors (Lipinski definition) is 2. The lowest BCUT2D eigenvalue weighted by Crippen LogP contribution is -2.29. The van der Waals surface area contributed by atoms with Crippen LogP contribution in [0.5, 0.6) is 0 Å². The predicted octanol–water partition coefficient (Wildman–Crippen LogP) is 4.30. The average Bonchev–Trinajstić information content (AvgIpc) is 2.42. The summed E-state index contributed by atoms with van der Waals surface area (Å²) in [6.45, 7) is 0. The standard InChI is InChI=1S/C17H18ClFN2/c18-14-5-2-6-15(19)16(14)17(21-20)13-9-7-12(8-10-13)11-3-1-4-11/h2,5-11,17,21H,1,3-4,20H2. The van der Waals surface area contributed by atoms with Gasteiger partial charge in [0.15, 0.2) is 0 Å². The highest BCUT2D eigenvalue weighted by Crippen LogP contribution is 2.37. The molecule has 1 unspecified atom stereocenters. The van der Waals surface area contributed by atoms with E-state index in [0.29, 0.717) is 16.5 Å². The summed E-state index contributed by atoms with van der Waals surface area (Å²) >= 11 is 6.13. The first-order chi connectivity index (χ1) is 10.2. The fraction of sp³-hybridized carbons (Fsp3) is 0.294. The van der Waals surface area contributed by atoms with E-state index in [4.69, 9.17) is 17.4 Å². The Balaban J connectivity index is 1.92. The minimum Gasteiger partial charge on any atom is -0.271 e. The van der Waals surface area contributed by atoms with Crippen molar-refractivity contribution in [2.45, 2.75) is 31.2 Å². The molecule has 0 radical (unpaired) electrons. The lowest BCUT2D eigenvalue weighted by molar-refractivity contribution is 0.419. The lowest BCUT2D eigenvalue weighted by Gasteiger charge is -2.26. The molecule has 2 aromatic carbocycles. The van der Waals surface area contributed by atoms with E-state index in [-0.39, 0.29) is 5.82 Å². The van der Waals surface area contributed by atoms with Gasteiger partial charge in [-0.15, -0.1) is 0 Å². The van der Waals surface area contributed by atoms with E-state index in [1.165, 1.54) is 30.9 Å². The molecule has 110 valence electrons. The van der Waals surface area contributed by atoms with Crippen LogP contribution in [0.2, 0.25) is 5.02 Å². The topological polar surface area (TPSA) is 38.0 Å². The zero-order valence-corrected chi connectivity index (χ0v) is 12.4. The Morgan fingerprint density at radius 2 is 1.86 bits per heavy atom. The molecule has 1 saturated carbocycles. The zero-order valence-electron chi connectivity index (χ0n) is 11.7. The van der Waals surface area contributed by atoms with Gasteiger partial charge in [-0.1, -0.05) is 48.4 Å². The minimum atomic E-state index is -0.450. The van der Waals surface area contributed by atoms with Crippen molar-refractivity contribution in [3.8, 4) is 0 Å². The van der Waals surface area contributed by atoms with E-state index in [2.05, 4.69) is 17.6 Å². The molecule has 2 aromatic rings. The summed E-state index contributed by atoms with van der Waals surface area (Å²) in [6, 6.07) is 12.4. The number of nitrogens with two attached hydrogens (primary N) is 1. The fourth-order valence-electron chi connectivity index (χ4n) is 2.83. The highest BCUT2D eigenvalue weighted by molar-refractivity contribution is 6.31. The minimum absolute atomic E-state index is 0.353. The largest absolute Gasteiger partial charge is 0.271 e. The molecule has 1 atom stereocenters. The first-order valence-electron chi connectivity index (χ1n) is 7.20. The van der Waals surface area contributed by atoms with E-state index >= 15 is 0 Å². The molecule has 21 heavy (non-hydrogen) atoms. The Morgan fingerprint density at radius 1 is 1.14 bits per heavy atom. The number of benzene rings is 2. The van der Waals surface area contributed by atoms with E-state index < -0.39 is 6.04 Å². The summed E-state index contributed by atoms with van der Waals surface area (Å²) in [5.74, 6) is 5.96. The quantitative estimate of drug-likeness (QED) is 0.653. The number of halogens is 2. The summed E-state index contributed by atoms with van der Waals surface area (Å²) in [6.07, 6.45) is 3.83. The molecular formula is C17H18ClFN2. The van der Waals surface area contributed by atoms with Gasteiger partial charge in [0.25, 0.3) is 0 Å². The molecule has 0 spiro atoms. The van der Waals surface area contributed by atoms with Gasteiger partial charge in [-0.3, -0.25) is 5.84 Å². The zero-order chi connectivity index (χ0) is 14.8. The van der Waals surface area contributed by atoms with Crippen LogP contribution in [0.4, 0.5) is 4.39 Å². The van der Waals surface area contributed by atoms with Crippen molar-refractivity contribution in [2.24, 2.45) is 5.84 Å². The van der Waals surface area contributed by atoms with Gasteiger partial charge in [0.05, 0.1) is 6.04 Å². The van der Waals surface area contributed by atoms with Crippen LogP contribution in [0.15, 0.2) is 42.5 Å². The molecule has 1 fully saturated rings. The van der Waals surface area contributed by atoms with Crippen LogP contribution in [0.25, 0.3) is 0 Å². The summed E-state index contributed by atoms with van der Waals surface area (Å²) < 4.78 is 14.1. The number of hydrogen-bond acceptors (Lipinski definition) is 2. The second kappa shape index (κ2) is 6.14. The van der Waals surface area contributed by atoms with Gasteiger partial charge in [-0.25, -0.2) is 9.82 Å². The monoisotopic (exact) mass is 304 g/mol. The summed E-state index contributed by atoms with van der Waals surface area (Å²) in [7, 11) is 0. The van der Waals surface area contributed by atoms with E-state index in [1.54, 1.807) is 12.1 Å². The summed E-state index contributed by atoms with van der Waals surface area (Å²) in [5.41, 5.74) is 5.31. The molecule has 3 N–H and O–H groups in total. The Kier molecular flexibility index (Phi) is 4.24. The smallest absolute Gasteiger partial charge is 0.129 e. The highest BCUT2D eigenvalue weighted by Gasteiger charge is 2.22.